The molecule has 2 amide bonds. The van der Waals surface area contributed by atoms with Gasteiger partial charge in [-0.15, -0.1) is 0 Å². The fourth-order valence-electron chi connectivity index (χ4n) is 4.19. The van der Waals surface area contributed by atoms with Gasteiger partial charge in [0.2, 0.25) is 11.8 Å². The van der Waals surface area contributed by atoms with Crippen molar-refractivity contribution in [2.45, 2.75) is 18.2 Å². The van der Waals surface area contributed by atoms with Gasteiger partial charge in [-0.3, -0.25) is 9.59 Å². The molecule has 4 atom stereocenters. The first-order chi connectivity index (χ1) is 12.1. The molecule has 3 aliphatic heterocycles. The molecular weight excluding hydrogens is 324 g/mol. The third kappa shape index (κ3) is 2.47. The lowest BCUT2D eigenvalue weighted by atomic mass is 9.76. The Kier molecular flexibility index (Phi) is 3.88. The highest BCUT2D eigenvalue weighted by Crippen LogP contribution is 2.52. The normalized spacial score (nSPS) is 32.5. The minimum Gasteiger partial charge on any atom is -0.383 e. The summed E-state index contributed by atoms with van der Waals surface area (Å²) < 4.78 is 11.2. The molecule has 1 N–H and O–H groups in total. The van der Waals surface area contributed by atoms with E-state index >= 15 is 0 Å². The number of aromatic amines is 1. The second-order valence-electron chi connectivity index (χ2n) is 6.88. The van der Waals surface area contributed by atoms with Gasteiger partial charge in [-0.05, 0) is 0 Å². The lowest BCUT2D eigenvalue weighted by molar-refractivity contribution is -0.143. The van der Waals surface area contributed by atoms with Gasteiger partial charge in [0, 0.05) is 33.1 Å². The lowest BCUT2D eigenvalue weighted by Crippen LogP contribution is -2.44. The van der Waals surface area contributed by atoms with Crippen LogP contribution in [-0.4, -0.2) is 77.1 Å². The van der Waals surface area contributed by atoms with Gasteiger partial charge in [0.05, 0.1) is 37.6 Å². The first-order valence-corrected chi connectivity index (χ1v) is 8.44. The SMILES string of the molecule is COCCN1C[C@]23C=C[C@H](O2)[C@@H](C(=O)N(C)Cc2ncc[nH]2)[C@H]3C1=O. The molecule has 2 fully saturated rings. The molecular formula is C17H22N4O4. The molecule has 2 saturated heterocycles. The van der Waals surface area contributed by atoms with Crippen LogP contribution in [0.25, 0.3) is 0 Å². The van der Waals surface area contributed by atoms with Crippen molar-refractivity contribution in [2.24, 2.45) is 11.8 Å². The van der Waals surface area contributed by atoms with Crippen LogP contribution >= 0.6 is 0 Å². The van der Waals surface area contributed by atoms with Crippen LogP contribution in [0.2, 0.25) is 0 Å². The number of hydrogen-bond donors (Lipinski definition) is 1. The number of ether oxygens (including phenoxy) is 2. The number of nitrogens with one attached hydrogen (secondary N) is 1. The number of rotatable bonds is 6. The number of fused-ring (bicyclic) bond motifs is 1. The van der Waals surface area contributed by atoms with Crippen molar-refractivity contribution < 1.29 is 19.1 Å². The molecule has 0 saturated carbocycles. The molecule has 4 rings (SSSR count). The first-order valence-electron chi connectivity index (χ1n) is 8.44. The van der Waals surface area contributed by atoms with E-state index in [9.17, 15) is 9.59 Å². The van der Waals surface area contributed by atoms with E-state index in [1.54, 1.807) is 36.4 Å². The Morgan fingerprint density at radius 2 is 2.44 bits per heavy atom. The zero-order valence-electron chi connectivity index (χ0n) is 14.3. The van der Waals surface area contributed by atoms with Crippen molar-refractivity contribution in [3.05, 3.63) is 30.4 Å². The van der Waals surface area contributed by atoms with E-state index in [2.05, 4.69) is 9.97 Å². The van der Waals surface area contributed by atoms with Crippen molar-refractivity contribution >= 4 is 11.8 Å². The average molecular weight is 346 g/mol. The molecule has 1 aromatic rings. The highest BCUT2D eigenvalue weighted by Gasteiger charge is 2.66. The van der Waals surface area contributed by atoms with Crippen LogP contribution in [0.4, 0.5) is 0 Å². The second kappa shape index (κ2) is 5.96. The minimum absolute atomic E-state index is 0.0198. The van der Waals surface area contributed by atoms with E-state index in [1.165, 1.54) is 0 Å². The number of hydrogen-bond acceptors (Lipinski definition) is 5. The van der Waals surface area contributed by atoms with Gasteiger partial charge >= 0.3 is 0 Å². The van der Waals surface area contributed by atoms with E-state index < -0.39 is 17.4 Å². The Hall–Kier alpha value is -2.19. The van der Waals surface area contributed by atoms with E-state index in [1.807, 2.05) is 12.2 Å². The molecule has 8 heteroatoms. The van der Waals surface area contributed by atoms with E-state index in [4.69, 9.17) is 9.47 Å². The molecule has 2 bridgehead atoms. The maximum Gasteiger partial charge on any atom is 0.230 e. The van der Waals surface area contributed by atoms with Crippen LogP contribution in [0.15, 0.2) is 24.5 Å². The van der Waals surface area contributed by atoms with Crippen LogP contribution in [0.1, 0.15) is 5.82 Å². The lowest BCUT2D eigenvalue weighted by Gasteiger charge is -2.27. The summed E-state index contributed by atoms with van der Waals surface area (Å²) in [6.07, 6.45) is 6.93. The zero-order chi connectivity index (χ0) is 17.6. The minimum atomic E-state index is -0.665. The molecule has 4 heterocycles. The molecule has 1 aromatic heterocycles. The summed E-state index contributed by atoms with van der Waals surface area (Å²) in [7, 11) is 3.34. The van der Waals surface area contributed by atoms with Gasteiger partial charge < -0.3 is 24.3 Å². The topological polar surface area (TPSA) is 87.8 Å². The summed E-state index contributed by atoms with van der Waals surface area (Å²) in [4.78, 5) is 36.4. The monoisotopic (exact) mass is 346 g/mol. The summed E-state index contributed by atoms with van der Waals surface area (Å²) in [5.74, 6) is -0.325. The number of carbonyl (C=O) groups excluding carboxylic acids is 2. The van der Waals surface area contributed by atoms with E-state index in [-0.39, 0.29) is 17.9 Å². The highest BCUT2D eigenvalue weighted by molar-refractivity contribution is 5.92. The number of methoxy groups -OCH3 is 1. The smallest absolute Gasteiger partial charge is 0.230 e. The number of aromatic nitrogens is 2. The standard InChI is InChI=1S/C17H22N4O4/c1-20(9-12-18-5-6-19-12)15(22)13-11-3-4-17(25-11)10-21(7-8-24-2)16(23)14(13)17/h3-6,11,13-14H,7-10H2,1-2H3,(H,18,19)/t11-,13+,14-,17-/m0/s1. The third-order valence-electron chi connectivity index (χ3n) is 5.35. The molecule has 0 unspecified atom stereocenters. The quantitative estimate of drug-likeness (QED) is 0.721. The number of carbonyl (C=O) groups is 2. The number of nitrogens with zero attached hydrogens (tertiary/aromatic N) is 3. The Labute approximate surface area is 145 Å². The fourth-order valence-corrected chi connectivity index (χ4v) is 4.19. The van der Waals surface area contributed by atoms with Gasteiger partial charge in [-0.2, -0.15) is 0 Å². The summed E-state index contributed by atoms with van der Waals surface area (Å²) in [5, 5.41) is 0. The molecule has 8 nitrogen and oxygen atoms in total. The highest BCUT2D eigenvalue weighted by atomic mass is 16.5. The Morgan fingerprint density at radius 3 is 3.16 bits per heavy atom. The number of likely N-dealkylation sites (tertiary alicyclic amines) is 1. The summed E-state index contributed by atoms with van der Waals surface area (Å²) in [6.45, 7) is 1.84. The van der Waals surface area contributed by atoms with Crippen LogP contribution in [-0.2, 0) is 25.6 Å². The van der Waals surface area contributed by atoms with Gasteiger partial charge in [-0.25, -0.2) is 4.98 Å². The summed E-state index contributed by atoms with van der Waals surface area (Å²) >= 11 is 0. The first kappa shape index (κ1) is 16.3. The van der Waals surface area contributed by atoms with Gasteiger partial charge in [-0.1, -0.05) is 12.2 Å². The fraction of sp³-hybridized carbons (Fsp3) is 0.588. The second-order valence-corrected chi connectivity index (χ2v) is 6.88. The average Bonchev–Trinajstić information content (AvgIpc) is 3.35. The van der Waals surface area contributed by atoms with Crippen LogP contribution in [0.3, 0.4) is 0 Å². The zero-order valence-corrected chi connectivity index (χ0v) is 14.3. The van der Waals surface area contributed by atoms with Crippen molar-refractivity contribution in [3.8, 4) is 0 Å². The number of H-pyrrole nitrogens is 1. The summed E-state index contributed by atoms with van der Waals surface area (Å²) in [5.41, 5.74) is -0.665. The van der Waals surface area contributed by atoms with Gasteiger partial charge in [0.25, 0.3) is 0 Å². The summed E-state index contributed by atoms with van der Waals surface area (Å²) in [6, 6.07) is 0. The van der Waals surface area contributed by atoms with Crippen molar-refractivity contribution in [1.29, 1.82) is 0 Å². The van der Waals surface area contributed by atoms with Crippen molar-refractivity contribution in [3.63, 3.8) is 0 Å². The van der Waals surface area contributed by atoms with E-state index in [0.717, 1.165) is 0 Å². The Morgan fingerprint density at radius 1 is 1.60 bits per heavy atom. The van der Waals surface area contributed by atoms with Crippen LogP contribution in [0.5, 0.6) is 0 Å². The van der Waals surface area contributed by atoms with Crippen molar-refractivity contribution in [2.75, 3.05) is 33.9 Å². The molecule has 3 aliphatic rings. The Balaban J connectivity index is 1.53. The van der Waals surface area contributed by atoms with Gasteiger partial charge in [0.1, 0.15) is 11.4 Å². The largest absolute Gasteiger partial charge is 0.383 e. The molecule has 1 spiro atoms. The number of imidazole rings is 1. The maximum atomic E-state index is 13.0. The molecule has 134 valence electrons. The molecule has 0 radical (unpaired) electrons. The van der Waals surface area contributed by atoms with Crippen LogP contribution < -0.4 is 0 Å². The molecule has 25 heavy (non-hydrogen) atoms. The van der Waals surface area contributed by atoms with Crippen molar-refractivity contribution in [1.82, 2.24) is 19.8 Å². The Bertz CT molecular complexity index is 704. The number of amides is 2. The van der Waals surface area contributed by atoms with E-state index in [0.29, 0.717) is 32.1 Å². The third-order valence-corrected chi connectivity index (χ3v) is 5.35. The molecule has 0 aromatic carbocycles. The predicted octanol–water partition coefficient (Wildman–Crippen LogP) is -0.203. The predicted molar refractivity (Wildman–Crippen MR) is 87.2 cm³/mol. The molecule has 0 aliphatic carbocycles. The van der Waals surface area contributed by atoms with Gasteiger partial charge in [0.15, 0.2) is 0 Å². The van der Waals surface area contributed by atoms with Crippen LogP contribution in [0, 0.1) is 11.8 Å². The maximum absolute atomic E-state index is 13.0.